The summed E-state index contributed by atoms with van der Waals surface area (Å²) in [5.41, 5.74) is 1.34. The summed E-state index contributed by atoms with van der Waals surface area (Å²) in [4.78, 5) is 12.2. The molecule has 0 aliphatic rings. The van der Waals surface area contributed by atoms with Crippen LogP contribution in [0.2, 0.25) is 0 Å². The molecule has 0 fully saturated rings. The number of aromatic nitrogens is 3. The number of anilines is 1. The Balaban J connectivity index is 1.73. The topological polar surface area (TPSA) is 69.0 Å². The Hall–Kier alpha value is -2.87. The Morgan fingerprint density at radius 2 is 1.96 bits per heavy atom. The number of benzene rings is 2. The second-order valence-electron chi connectivity index (χ2n) is 6.35. The summed E-state index contributed by atoms with van der Waals surface area (Å²) in [5.74, 6) is 1.01. The molecule has 0 atom stereocenters. The van der Waals surface area contributed by atoms with Crippen LogP contribution >= 0.6 is 11.8 Å². The molecule has 6 nitrogen and oxygen atoms in total. The number of carbonyl (C=O) groups excluding carboxylic acids is 1. The standard InChI is InChI=1S/C20H21FN4O2S/c1-13(2)25-19(14-7-9-17(27-3)10-8-14)23-24-20(25)28-12-18(26)22-16-6-4-5-15(21)11-16/h4-11,13H,12H2,1-3H3,(H,22,26). The summed E-state index contributed by atoms with van der Waals surface area (Å²) in [6.45, 7) is 4.07. The minimum atomic E-state index is -0.394. The number of hydrogen-bond acceptors (Lipinski definition) is 5. The van der Waals surface area contributed by atoms with Crippen molar-refractivity contribution >= 4 is 23.4 Å². The van der Waals surface area contributed by atoms with Gasteiger partial charge in [-0.05, 0) is 56.3 Å². The van der Waals surface area contributed by atoms with E-state index in [0.717, 1.165) is 17.1 Å². The molecule has 0 unspecified atom stereocenters. The van der Waals surface area contributed by atoms with Crippen molar-refractivity contribution in [1.29, 1.82) is 0 Å². The lowest BCUT2D eigenvalue weighted by Gasteiger charge is -2.14. The summed E-state index contributed by atoms with van der Waals surface area (Å²) in [5, 5.41) is 11.9. The number of methoxy groups -OCH3 is 1. The Kier molecular flexibility index (Phi) is 6.30. The minimum absolute atomic E-state index is 0.112. The van der Waals surface area contributed by atoms with E-state index in [9.17, 15) is 9.18 Å². The molecule has 0 saturated heterocycles. The second kappa shape index (κ2) is 8.88. The molecular weight excluding hydrogens is 379 g/mol. The first-order valence-corrected chi connectivity index (χ1v) is 9.74. The third-order valence-electron chi connectivity index (χ3n) is 3.97. The lowest BCUT2D eigenvalue weighted by atomic mass is 10.2. The zero-order valence-electron chi connectivity index (χ0n) is 15.8. The van der Waals surface area contributed by atoms with Gasteiger partial charge in [0.25, 0.3) is 0 Å². The van der Waals surface area contributed by atoms with Crippen molar-refractivity contribution in [2.24, 2.45) is 0 Å². The van der Waals surface area contributed by atoms with Crippen molar-refractivity contribution in [3.05, 3.63) is 54.3 Å². The van der Waals surface area contributed by atoms with Crippen LogP contribution in [0.15, 0.2) is 53.7 Å². The van der Waals surface area contributed by atoms with E-state index in [2.05, 4.69) is 15.5 Å². The molecule has 0 aliphatic heterocycles. The third kappa shape index (κ3) is 4.69. The first-order valence-electron chi connectivity index (χ1n) is 8.75. The Morgan fingerprint density at radius 3 is 2.61 bits per heavy atom. The van der Waals surface area contributed by atoms with Crippen LogP contribution in [0.3, 0.4) is 0 Å². The van der Waals surface area contributed by atoms with Crippen LogP contribution in [0.25, 0.3) is 11.4 Å². The van der Waals surface area contributed by atoms with Gasteiger partial charge in [0.1, 0.15) is 11.6 Å². The van der Waals surface area contributed by atoms with Crippen molar-refractivity contribution in [2.75, 3.05) is 18.2 Å². The summed E-state index contributed by atoms with van der Waals surface area (Å²) in [7, 11) is 1.62. The molecule has 1 aromatic heterocycles. The van der Waals surface area contributed by atoms with Crippen LogP contribution in [-0.4, -0.2) is 33.5 Å². The highest BCUT2D eigenvalue weighted by Gasteiger charge is 2.18. The van der Waals surface area contributed by atoms with E-state index in [4.69, 9.17) is 4.74 Å². The van der Waals surface area contributed by atoms with Crippen LogP contribution in [0.4, 0.5) is 10.1 Å². The molecule has 0 radical (unpaired) electrons. The highest BCUT2D eigenvalue weighted by molar-refractivity contribution is 7.99. The molecule has 3 aromatic rings. The molecule has 1 N–H and O–H groups in total. The van der Waals surface area contributed by atoms with E-state index in [0.29, 0.717) is 10.8 Å². The number of halogens is 1. The highest BCUT2D eigenvalue weighted by atomic mass is 32.2. The average molecular weight is 400 g/mol. The second-order valence-corrected chi connectivity index (χ2v) is 7.29. The van der Waals surface area contributed by atoms with Crippen LogP contribution in [0.5, 0.6) is 5.75 Å². The van der Waals surface area contributed by atoms with E-state index in [1.54, 1.807) is 19.2 Å². The van der Waals surface area contributed by atoms with Gasteiger partial charge in [-0.3, -0.25) is 9.36 Å². The summed E-state index contributed by atoms with van der Waals surface area (Å²) in [6, 6.07) is 13.5. The van der Waals surface area contributed by atoms with Crippen molar-refractivity contribution in [1.82, 2.24) is 14.8 Å². The van der Waals surface area contributed by atoms with Gasteiger partial charge in [-0.1, -0.05) is 17.8 Å². The summed E-state index contributed by atoms with van der Waals surface area (Å²) >= 11 is 1.29. The molecule has 0 aliphatic carbocycles. The number of thioether (sulfide) groups is 1. The molecule has 28 heavy (non-hydrogen) atoms. The van der Waals surface area contributed by atoms with E-state index in [1.165, 1.54) is 23.9 Å². The number of ether oxygens (including phenoxy) is 1. The third-order valence-corrected chi connectivity index (χ3v) is 4.91. The van der Waals surface area contributed by atoms with Gasteiger partial charge in [0.2, 0.25) is 5.91 Å². The van der Waals surface area contributed by atoms with Gasteiger partial charge in [-0.25, -0.2) is 4.39 Å². The fourth-order valence-corrected chi connectivity index (χ4v) is 3.54. The van der Waals surface area contributed by atoms with Crippen LogP contribution < -0.4 is 10.1 Å². The van der Waals surface area contributed by atoms with Gasteiger partial charge in [-0.15, -0.1) is 10.2 Å². The maximum absolute atomic E-state index is 13.2. The molecule has 0 bridgehead atoms. The molecule has 1 heterocycles. The molecule has 0 saturated carbocycles. The van der Waals surface area contributed by atoms with E-state index in [-0.39, 0.29) is 17.7 Å². The van der Waals surface area contributed by atoms with Crippen LogP contribution in [-0.2, 0) is 4.79 Å². The van der Waals surface area contributed by atoms with E-state index < -0.39 is 5.82 Å². The molecule has 3 rings (SSSR count). The number of nitrogens with one attached hydrogen (secondary N) is 1. The largest absolute Gasteiger partial charge is 0.497 e. The number of carbonyl (C=O) groups is 1. The van der Waals surface area contributed by atoms with Gasteiger partial charge in [-0.2, -0.15) is 0 Å². The Bertz CT molecular complexity index is 957. The zero-order chi connectivity index (χ0) is 20.1. The number of amides is 1. The quantitative estimate of drug-likeness (QED) is 0.595. The number of rotatable bonds is 7. The summed E-state index contributed by atoms with van der Waals surface area (Å²) in [6.07, 6.45) is 0. The van der Waals surface area contributed by atoms with Gasteiger partial charge < -0.3 is 10.1 Å². The minimum Gasteiger partial charge on any atom is -0.497 e. The van der Waals surface area contributed by atoms with Crippen LogP contribution in [0, 0.1) is 5.82 Å². The molecule has 0 spiro atoms. The average Bonchev–Trinajstić information content (AvgIpc) is 3.11. The predicted octanol–water partition coefficient (Wildman–Crippen LogP) is 4.40. The van der Waals surface area contributed by atoms with Gasteiger partial charge >= 0.3 is 0 Å². The lowest BCUT2D eigenvalue weighted by Crippen LogP contribution is -2.15. The van der Waals surface area contributed by atoms with E-state index >= 15 is 0 Å². The SMILES string of the molecule is COc1ccc(-c2nnc(SCC(=O)Nc3cccc(F)c3)n2C(C)C)cc1. The molecule has 1 amide bonds. The fourth-order valence-electron chi connectivity index (χ4n) is 2.67. The molecule has 2 aromatic carbocycles. The van der Waals surface area contributed by atoms with E-state index in [1.807, 2.05) is 42.7 Å². The smallest absolute Gasteiger partial charge is 0.234 e. The number of hydrogen-bond donors (Lipinski definition) is 1. The summed E-state index contributed by atoms with van der Waals surface area (Å²) < 4.78 is 20.4. The first-order chi connectivity index (χ1) is 13.5. The Morgan fingerprint density at radius 1 is 1.21 bits per heavy atom. The predicted molar refractivity (Wildman–Crippen MR) is 108 cm³/mol. The first kappa shape index (κ1) is 19.9. The maximum Gasteiger partial charge on any atom is 0.234 e. The molecule has 146 valence electrons. The van der Waals surface area contributed by atoms with Gasteiger partial charge in [0, 0.05) is 17.3 Å². The van der Waals surface area contributed by atoms with Crippen molar-refractivity contribution in [3.63, 3.8) is 0 Å². The molecular formula is C20H21FN4O2S. The van der Waals surface area contributed by atoms with Crippen molar-refractivity contribution in [2.45, 2.75) is 25.0 Å². The fraction of sp³-hybridized carbons (Fsp3) is 0.250. The van der Waals surface area contributed by atoms with Crippen molar-refractivity contribution < 1.29 is 13.9 Å². The molecule has 8 heteroatoms. The Labute approximate surface area is 167 Å². The zero-order valence-corrected chi connectivity index (χ0v) is 16.7. The van der Waals surface area contributed by atoms with Gasteiger partial charge in [0.15, 0.2) is 11.0 Å². The van der Waals surface area contributed by atoms with Crippen molar-refractivity contribution in [3.8, 4) is 17.1 Å². The van der Waals surface area contributed by atoms with Gasteiger partial charge in [0.05, 0.1) is 12.9 Å². The maximum atomic E-state index is 13.2. The van der Waals surface area contributed by atoms with Crippen LogP contribution in [0.1, 0.15) is 19.9 Å². The normalized spacial score (nSPS) is 10.9. The number of nitrogens with zero attached hydrogens (tertiary/aromatic N) is 3. The lowest BCUT2D eigenvalue weighted by molar-refractivity contribution is -0.113. The highest BCUT2D eigenvalue weighted by Crippen LogP contribution is 2.28. The monoisotopic (exact) mass is 400 g/mol.